The Kier molecular flexibility index (Phi) is 4.19. The van der Waals surface area contributed by atoms with E-state index in [4.69, 9.17) is 5.73 Å². The van der Waals surface area contributed by atoms with Crippen molar-refractivity contribution in [3.8, 4) is 0 Å². The van der Waals surface area contributed by atoms with Gasteiger partial charge >= 0.3 is 0 Å². The number of hydrogen-bond acceptors (Lipinski definition) is 2. The molecule has 1 aliphatic heterocycles. The molecule has 1 heterocycles. The van der Waals surface area contributed by atoms with Gasteiger partial charge < -0.3 is 10.6 Å². The molecule has 110 valence electrons. The van der Waals surface area contributed by atoms with Crippen LogP contribution in [0, 0.1) is 5.41 Å². The van der Waals surface area contributed by atoms with Crippen LogP contribution in [0.3, 0.4) is 0 Å². The zero-order valence-electron chi connectivity index (χ0n) is 12.9. The van der Waals surface area contributed by atoms with E-state index in [2.05, 4.69) is 13.8 Å². The Morgan fingerprint density at radius 2 is 1.90 bits per heavy atom. The Morgan fingerprint density at radius 1 is 1.30 bits per heavy atom. The molecule has 1 amide bonds. The second-order valence-electron chi connectivity index (χ2n) is 6.25. The SMILES string of the molecule is CCC1(CC)CCN(C(=O)C(C)(N)c2ccccc2)C1. The Labute approximate surface area is 122 Å². The number of likely N-dealkylation sites (tertiary alicyclic amines) is 1. The lowest BCUT2D eigenvalue weighted by Crippen LogP contribution is -2.50. The minimum atomic E-state index is -0.932. The fourth-order valence-corrected chi connectivity index (χ4v) is 3.17. The number of benzene rings is 1. The molecule has 0 bridgehead atoms. The first-order chi connectivity index (χ1) is 9.45. The van der Waals surface area contributed by atoms with Gasteiger partial charge in [-0.3, -0.25) is 4.79 Å². The first kappa shape index (κ1) is 15.0. The number of amides is 1. The molecule has 0 aliphatic carbocycles. The van der Waals surface area contributed by atoms with Crippen LogP contribution >= 0.6 is 0 Å². The molecule has 1 fully saturated rings. The van der Waals surface area contributed by atoms with E-state index in [9.17, 15) is 4.79 Å². The maximum Gasteiger partial charge on any atom is 0.246 e. The van der Waals surface area contributed by atoms with E-state index in [1.807, 2.05) is 42.2 Å². The first-order valence-electron chi connectivity index (χ1n) is 7.59. The minimum absolute atomic E-state index is 0.0486. The standard InChI is InChI=1S/C17H26N2O/c1-4-17(5-2)11-12-19(13-17)15(20)16(3,18)14-9-7-6-8-10-14/h6-10H,4-5,11-13,18H2,1-3H3. The van der Waals surface area contributed by atoms with Crippen molar-refractivity contribution in [3.05, 3.63) is 35.9 Å². The summed E-state index contributed by atoms with van der Waals surface area (Å²) in [5, 5.41) is 0. The van der Waals surface area contributed by atoms with Crippen molar-refractivity contribution in [2.45, 2.75) is 45.6 Å². The van der Waals surface area contributed by atoms with Crippen LogP contribution in [0.5, 0.6) is 0 Å². The molecule has 3 heteroatoms. The molecular formula is C17H26N2O. The quantitative estimate of drug-likeness (QED) is 0.917. The Morgan fingerprint density at radius 3 is 2.40 bits per heavy atom. The highest BCUT2D eigenvalue weighted by molar-refractivity contribution is 5.87. The number of rotatable bonds is 4. The zero-order valence-corrected chi connectivity index (χ0v) is 12.9. The molecule has 0 radical (unpaired) electrons. The molecule has 20 heavy (non-hydrogen) atoms. The second kappa shape index (κ2) is 5.57. The van der Waals surface area contributed by atoms with Gasteiger partial charge in [0.15, 0.2) is 0 Å². The van der Waals surface area contributed by atoms with Crippen LogP contribution in [0.1, 0.15) is 45.6 Å². The van der Waals surface area contributed by atoms with Crippen LogP contribution in [-0.4, -0.2) is 23.9 Å². The summed E-state index contributed by atoms with van der Waals surface area (Å²) in [6, 6.07) is 9.67. The molecule has 0 spiro atoms. The van der Waals surface area contributed by atoms with Gasteiger partial charge in [-0.15, -0.1) is 0 Å². The summed E-state index contributed by atoms with van der Waals surface area (Å²) < 4.78 is 0. The third-order valence-electron chi connectivity index (χ3n) is 5.04. The van der Waals surface area contributed by atoms with Gasteiger partial charge in [0.2, 0.25) is 5.91 Å². The van der Waals surface area contributed by atoms with Crippen molar-refractivity contribution < 1.29 is 4.79 Å². The maximum absolute atomic E-state index is 12.8. The van der Waals surface area contributed by atoms with Crippen LogP contribution in [0.25, 0.3) is 0 Å². The third kappa shape index (κ3) is 2.59. The van der Waals surface area contributed by atoms with E-state index in [0.29, 0.717) is 5.41 Å². The predicted molar refractivity (Wildman–Crippen MR) is 82.2 cm³/mol. The monoisotopic (exact) mass is 274 g/mol. The van der Waals surface area contributed by atoms with Gasteiger partial charge in [0.25, 0.3) is 0 Å². The van der Waals surface area contributed by atoms with Crippen LogP contribution in [0.4, 0.5) is 0 Å². The van der Waals surface area contributed by atoms with Crippen LogP contribution in [-0.2, 0) is 10.3 Å². The predicted octanol–water partition coefficient (Wildman–Crippen LogP) is 2.90. The highest BCUT2D eigenvalue weighted by atomic mass is 16.2. The maximum atomic E-state index is 12.8. The molecule has 1 atom stereocenters. The summed E-state index contributed by atoms with van der Waals surface area (Å²) in [6.45, 7) is 7.94. The molecule has 2 rings (SSSR count). The summed E-state index contributed by atoms with van der Waals surface area (Å²) in [7, 11) is 0. The van der Waals surface area contributed by atoms with E-state index < -0.39 is 5.54 Å². The van der Waals surface area contributed by atoms with Crippen molar-refractivity contribution in [1.29, 1.82) is 0 Å². The highest BCUT2D eigenvalue weighted by Crippen LogP contribution is 2.38. The minimum Gasteiger partial charge on any atom is -0.340 e. The summed E-state index contributed by atoms with van der Waals surface area (Å²) >= 11 is 0. The van der Waals surface area contributed by atoms with Crippen LogP contribution in [0.2, 0.25) is 0 Å². The summed E-state index contributed by atoms with van der Waals surface area (Å²) in [4.78, 5) is 14.7. The molecule has 1 unspecified atom stereocenters. The topological polar surface area (TPSA) is 46.3 Å². The molecule has 1 aromatic carbocycles. The van der Waals surface area contributed by atoms with Crippen molar-refractivity contribution >= 4 is 5.91 Å². The van der Waals surface area contributed by atoms with Crippen molar-refractivity contribution in [3.63, 3.8) is 0 Å². The number of hydrogen-bond donors (Lipinski definition) is 1. The number of carbonyl (C=O) groups excluding carboxylic acids is 1. The van der Waals surface area contributed by atoms with Crippen molar-refractivity contribution in [1.82, 2.24) is 4.90 Å². The van der Waals surface area contributed by atoms with E-state index in [1.54, 1.807) is 0 Å². The second-order valence-corrected chi connectivity index (χ2v) is 6.25. The van der Waals surface area contributed by atoms with Crippen molar-refractivity contribution in [2.75, 3.05) is 13.1 Å². The first-order valence-corrected chi connectivity index (χ1v) is 7.59. The van der Waals surface area contributed by atoms with Gasteiger partial charge in [-0.1, -0.05) is 44.2 Å². The van der Waals surface area contributed by atoms with Crippen LogP contribution in [0.15, 0.2) is 30.3 Å². The highest BCUT2D eigenvalue weighted by Gasteiger charge is 2.42. The Bertz CT molecular complexity index is 463. The fourth-order valence-electron chi connectivity index (χ4n) is 3.17. The smallest absolute Gasteiger partial charge is 0.246 e. The number of carbonyl (C=O) groups is 1. The lowest BCUT2D eigenvalue weighted by Gasteiger charge is -2.31. The average Bonchev–Trinajstić information content (AvgIpc) is 2.92. The van der Waals surface area contributed by atoms with Gasteiger partial charge in [-0.2, -0.15) is 0 Å². The Balaban J connectivity index is 2.16. The molecule has 1 aliphatic rings. The lowest BCUT2D eigenvalue weighted by atomic mass is 9.82. The molecular weight excluding hydrogens is 248 g/mol. The number of nitrogens with two attached hydrogens (primary N) is 1. The summed E-state index contributed by atoms with van der Waals surface area (Å²) in [5.41, 5.74) is 6.59. The van der Waals surface area contributed by atoms with Crippen LogP contribution < -0.4 is 5.73 Å². The molecule has 0 saturated carbocycles. The van der Waals surface area contributed by atoms with Gasteiger partial charge in [-0.05, 0) is 37.2 Å². The molecule has 3 nitrogen and oxygen atoms in total. The van der Waals surface area contributed by atoms with Crippen molar-refractivity contribution in [2.24, 2.45) is 11.1 Å². The van der Waals surface area contributed by atoms with Gasteiger partial charge in [0.1, 0.15) is 5.54 Å². The number of nitrogens with zero attached hydrogens (tertiary/aromatic N) is 1. The van der Waals surface area contributed by atoms with Gasteiger partial charge in [0.05, 0.1) is 0 Å². The normalized spacial score (nSPS) is 20.7. The molecule has 0 aromatic heterocycles. The zero-order chi connectivity index (χ0) is 14.8. The van der Waals surface area contributed by atoms with Gasteiger partial charge in [-0.25, -0.2) is 0 Å². The average molecular weight is 274 g/mol. The van der Waals surface area contributed by atoms with Gasteiger partial charge in [0, 0.05) is 13.1 Å². The molecule has 2 N–H and O–H groups in total. The van der Waals surface area contributed by atoms with E-state index in [1.165, 1.54) is 0 Å². The van der Waals surface area contributed by atoms with E-state index >= 15 is 0 Å². The molecule has 1 aromatic rings. The van der Waals surface area contributed by atoms with E-state index in [-0.39, 0.29) is 5.91 Å². The Hall–Kier alpha value is -1.35. The molecule has 1 saturated heterocycles. The van der Waals surface area contributed by atoms with E-state index in [0.717, 1.165) is 37.9 Å². The summed E-state index contributed by atoms with van der Waals surface area (Å²) in [6.07, 6.45) is 3.34. The third-order valence-corrected chi connectivity index (χ3v) is 5.04. The largest absolute Gasteiger partial charge is 0.340 e. The fraction of sp³-hybridized carbons (Fsp3) is 0.588. The lowest BCUT2D eigenvalue weighted by molar-refractivity contribution is -0.136. The summed E-state index contributed by atoms with van der Waals surface area (Å²) in [5.74, 6) is 0.0486.